The van der Waals surface area contributed by atoms with Crippen molar-refractivity contribution in [2.24, 2.45) is 29.6 Å². The highest BCUT2D eigenvalue weighted by Crippen LogP contribution is 2.19. The van der Waals surface area contributed by atoms with Gasteiger partial charge in [0.25, 0.3) is 5.91 Å². The fourth-order valence-electron chi connectivity index (χ4n) is 6.05. The zero-order chi connectivity index (χ0) is 42.3. The molecule has 8 atom stereocenters. The molecule has 17 nitrogen and oxygen atoms in total. The van der Waals surface area contributed by atoms with Gasteiger partial charge in [-0.2, -0.15) is 0 Å². The maximum absolute atomic E-state index is 13.6. The number of carbonyl (C=O) groups is 7. The summed E-state index contributed by atoms with van der Waals surface area (Å²) in [5, 5.41) is 45.9. The van der Waals surface area contributed by atoms with Crippen LogP contribution in [0, 0.1) is 29.6 Å². The molecule has 8 N–H and O–H groups in total. The van der Waals surface area contributed by atoms with Crippen molar-refractivity contribution >= 4 is 41.4 Å². The molecule has 6 amide bonds. The van der Waals surface area contributed by atoms with Crippen molar-refractivity contribution in [2.45, 2.75) is 170 Å². The number of nitrogens with zero attached hydrogens (tertiary/aromatic N) is 1. The molecule has 1 rings (SSSR count). The van der Waals surface area contributed by atoms with Gasteiger partial charge >= 0.3 is 5.97 Å². The van der Waals surface area contributed by atoms with E-state index in [4.69, 9.17) is 4.84 Å². The monoisotopic (exact) mass is 784 g/mol. The minimum atomic E-state index is -1.42. The summed E-state index contributed by atoms with van der Waals surface area (Å²) in [5.41, 5.74) is 0. The number of rotatable bonds is 23. The zero-order valence-electron chi connectivity index (χ0n) is 34.5. The Bertz CT molecular complexity index is 1310. The second-order valence-corrected chi connectivity index (χ2v) is 16.6. The van der Waals surface area contributed by atoms with E-state index in [0.29, 0.717) is 5.06 Å². The van der Waals surface area contributed by atoms with E-state index in [1.54, 1.807) is 27.7 Å². The van der Waals surface area contributed by atoms with Crippen LogP contribution >= 0.6 is 0 Å². The number of aliphatic hydroxyl groups is 3. The minimum absolute atomic E-state index is 0.00957. The van der Waals surface area contributed by atoms with Gasteiger partial charge in [-0.25, -0.2) is 4.79 Å². The van der Waals surface area contributed by atoms with Crippen LogP contribution in [-0.4, -0.2) is 110 Å². The van der Waals surface area contributed by atoms with Crippen molar-refractivity contribution in [3.05, 3.63) is 0 Å². The van der Waals surface area contributed by atoms with Gasteiger partial charge in [0.15, 0.2) is 6.23 Å². The Balaban J connectivity index is 2.93. The van der Waals surface area contributed by atoms with E-state index < -0.39 is 97.0 Å². The molecular formula is C38H68N6O11. The third-order valence-corrected chi connectivity index (χ3v) is 9.02. The predicted molar refractivity (Wildman–Crippen MR) is 203 cm³/mol. The first-order valence-corrected chi connectivity index (χ1v) is 19.5. The lowest BCUT2D eigenvalue weighted by atomic mass is 9.95. The number of amides is 6. The number of hydrogen-bond donors (Lipinski definition) is 8. The molecular weight excluding hydrogens is 716 g/mol. The Morgan fingerprint density at radius 1 is 0.636 bits per heavy atom. The van der Waals surface area contributed by atoms with E-state index in [1.807, 2.05) is 41.5 Å². The van der Waals surface area contributed by atoms with Crippen LogP contribution < -0.4 is 26.6 Å². The second kappa shape index (κ2) is 23.3. The van der Waals surface area contributed by atoms with E-state index in [1.165, 1.54) is 6.92 Å². The summed E-state index contributed by atoms with van der Waals surface area (Å²) in [6.07, 6.45) is -4.22. The van der Waals surface area contributed by atoms with E-state index in [-0.39, 0.29) is 67.6 Å². The van der Waals surface area contributed by atoms with Crippen LogP contribution in [0.1, 0.15) is 121 Å². The van der Waals surface area contributed by atoms with Gasteiger partial charge < -0.3 is 46.7 Å². The molecule has 1 heterocycles. The highest BCUT2D eigenvalue weighted by Gasteiger charge is 2.36. The number of hydrogen-bond acceptors (Lipinski definition) is 11. The summed E-state index contributed by atoms with van der Waals surface area (Å²) in [7, 11) is 0. The lowest BCUT2D eigenvalue weighted by molar-refractivity contribution is -0.222. The maximum atomic E-state index is 13.6. The average molecular weight is 785 g/mol. The van der Waals surface area contributed by atoms with Crippen LogP contribution in [0.5, 0.6) is 0 Å². The van der Waals surface area contributed by atoms with E-state index in [0.717, 1.165) is 0 Å². The number of aliphatic hydroxyl groups excluding tert-OH is 3. The Kier molecular flexibility index (Phi) is 20.8. The third kappa shape index (κ3) is 17.7. The van der Waals surface area contributed by atoms with E-state index in [9.17, 15) is 48.9 Å². The highest BCUT2D eigenvalue weighted by molar-refractivity contribution is 5.92. The van der Waals surface area contributed by atoms with Crippen LogP contribution in [0.2, 0.25) is 0 Å². The Morgan fingerprint density at radius 2 is 1.09 bits per heavy atom. The lowest BCUT2D eigenvalue weighted by Crippen LogP contribution is -2.59. The third-order valence-electron chi connectivity index (χ3n) is 9.02. The summed E-state index contributed by atoms with van der Waals surface area (Å²) in [6.45, 7) is 19.7. The van der Waals surface area contributed by atoms with Crippen LogP contribution in [0.25, 0.3) is 0 Å². The molecule has 0 aliphatic carbocycles. The summed E-state index contributed by atoms with van der Waals surface area (Å²) in [5.74, 6) is -4.85. The quantitative estimate of drug-likeness (QED) is 0.0719. The Morgan fingerprint density at radius 3 is 1.55 bits per heavy atom. The van der Waals surface area contributed by atoms with Gasteiger partial charge in [-0.1, -0.05) is 69.2 Å². The molecule has 0 radical (unpaired) electrons. The first-order chi connectivity index (χ1) is 25.4. The molecule has 316 valence electrons. The molecule has 1 unspecified atom stereocenters. The van der Waals surface area contributed by atoms with E-state index in [2.05, 4.69) is 26.6 Å². The van der Waals surface area contributed by atoms with Gasteiger partial charge in [0.2, 0.25) is 29.5 Å². The number of nitrogens with one attached hydrogen (secondary N) is 5. The fourth-order valence-corrected chi connectivity index (χ4v) is 6.05. The molecule has 0 aromatic heterocycles. The topological polar surface area (TPSA) is 253 Å². The number of carbonyl (C=O) groups excluding carboxylic acids is 7. The molecule has 0 saturated carbocycles. The van der Waals surface area contributed by atoms with Crippen molar-refractivity contribution in [3.63, 3.8) is 0 Å². The average Bonchev–Trinajstić information content (AvgIpc) is 3.35. The molecule has 0 aromatic carbocycles. The van der Waals surface area contributed by atoms with Crippen molar-refractivity contribution < 1.29 is 53.7 Å². The maximum Gasteiger partial charge on any atom is 0.335 e. The van der Waals surface area contributed by atoms with Gasteiger partial charge in [0.1, 0.15) is 18.1 Å². The van der Waals surface area contributed by atoms with Crippen molar-refractivity contribution in [1.82, 2.24) is 31.6 Å². The van der Waals surface area contributed by atoms with Gasteiger partial charge in [-0.3, -0.25) is 28.8 Å². The molecule has 17 heteroatoms. The van der Waals surface area contributed by atoms with Gasteiger partial charge in [0, 0.05) is 19.3 Å². The van der Waals surface area contributed by atoms with Crippen molar-refractivity contribution in [1.29, 1.82) is 0 Å². The van der Waals surface area contributed by atoms with Crippen LogP contribution in [0.3, 0.4) is 0 Å². The number of hydroxylamine groups is 2. The Hall–Kier alpha value is -3.83. The molecule has 0 aromatic rings. The molecule has 0 bridgehead atoms. The van der Waals surface area contributed by atoms with Crippen molar-refractivity contribution in [3.8, 4) is 0 Å². The van der Waals surface area contributed by atoms with Crippen molar-refractivity contribution in [2.75, 3.05) is 0 Å². The zero-order valence-corrected chi connectivity index (χ0v) is 34.5. The summed E-state index contributed by atoms with van der Waals surface area (Å²) < 4.78 is 0. The normalized spacial score (nSPS) is 18.4. The fraction of sp³-hybridized carbons (Fsp3) is 0.816. The molecule has 1 fully saturated rings. The molecule has 55 heavy (non-hydrogen) atoms. The summed E-state index contributed by atoms with van der Waals surface area (Å²) in [4.78, 5) is 94.8. The molecule has 0 spiro atoms. The predicted octanol–water partition coefficient (Wildman–Crippen LogP) is 0.782. The van der Waals surface area contributed by atoms with Gasteiger partial charge in [-0.05, 0) is 49.4 Å². The summed E-state index contributed by atoms with van der Waals surface area (Å²) >= 11 is 0. The van der Waals surface area contributed by atoms with E-state index >= 15 is 0 Å². The largest absolute Gasteiger partial charge is 0.390 e. The van der Waals surface area contributed by atoms with Crippen LogP contribution in [-0.2, 0) is 38.4 Å². The summed E-state index contributed by atoms with van der Waals surface area (Å²) in [6, 6.07) is -4.84. The van der Waals surface area contributed by atoms with Gasteiger partial charge in [-0.15, -0.1) is 5.06 Å². The first kappa shape index (κ1) is 49.2. The van der Waals surface area contributed by atoms with Crippen LogP contribution in [0.4, 0.5) is 0 Å². The first-order valence-electron chi connectivity index (χ1n) is 19.5. The Labute approximate surface area is 325 Å². The van der Waals surface area contributed by atoms with Gasteiger partial charge in [0.05, 0.1) is 37.1 Å². The highest BCUT2D eigenvalue weighted by atomic mass is 16.7. The minimum Gasteiger partial charge on any atom is -0.390 e. The molecule has 1 aliphatic heterocycles. The van der Waals surface area contributed by atoms with Crippen LogP contribution in [0.15, 0.2) is 0 Å². The smallest absolute Gasteiger partial charge is 0.335 e. The molecule has 1 saturated heterocycles. The molecule has 1 aliphatic rings. The lowest BCUT2D eigenvalue weighted by Gasteiger charge is -2.31. The SMILES string of the molecule is CC(C)CC(=O)N[C@H](C(=O)N[C@H](C(=O)N[C@@H](CC(C)C)[C@@H](O)CC(=O)N[C@@H](C)C(=O)N[C@@H](CC(C)C)[C@@H](O)CC(=O)ON1C(=O)CCC1O)C(C)C)C(C)C. The standard InChI is InChI=1S/C38H68N6O11/c1-19(2)14-25(41-37(53)35(23(9)10)43-38(54)34(22(7)8)42-29(47)16-21(5)6)27(45)17-30(48)39-24(11)36(52)40-26(15-20(3)4)28(46)18-33(51)55-44-31(49)12-13-32(44)50/h19-28,31,34-35,45-46,49H,12-18H2,1-11H3,(H,39,48)(H,40,52)(H,41,53)(H,42,47)(H,43,54)/t24-,25-,26-,27-,28-,31?,34-,35-/m0/s1. The second-order valence-electron chi connectivity index (χ2n) is 16.6.